The van der Waals surface area contributed by atoms with Gasteiger partial charge in [-0.25, -0.2) is 4.79 Å². The molecule has 2 rings (SSSR count). The predicted molar refractivity (Wildman–Crippen MR) is 64.2 cm³/mol. The molecule has 0 aliphatic rings. The molecule has 1 heterocycles. The van der Waals surface area contributed by atoms with Crippen molar-refractivity contribution in [3.63, 3.8) is 0 Å². The summed E-state index contributed by atoms with van der Waals surface area (Å²) in [6.45, 7) is 1.74. The van der Waals surface area contributed by atoms with Gasteiger partial charge >= 0.3 is 5.97 Å². The molecule has 1 aromatic heterocycles. The number of fused-ring (bicyclic) bond motifs is 1. The van der Waals surface area contributed by atoms with Crippen LogP contribution < -0.4 is 4.74 Å². The Morgan fingerprint density at radius 3 is 2.75 bits per heavy atom. The van der Waals surface area contributed by atoms with Crippen LogP contribution >= 0.6 is 15.9 Å². The summed E-state index contributed by atoms with van der Waals surface area (Å²) in [7, 11) is 1.57. The van der Waals surface area contributed by atoms with Crippen molar-refractivity contribution in [1.29, 1.82) is 0 Å². The van der Waals surface area contributed by atoms with E-state index < -0.39 is 5.97 Å². The maximum atomic E-state index is 11.1. The molecule has 0 fully saturated rings. The van der Waals surface area contributed by atoms with Crippen LogP contribution in [-0.4, -0.2) is 23.2 Å². The van der Waals surface area contributed by atoms with Crippen molar-refractivity contribution in [2.45, 2.75) is 6.92 Å². The zero-order valence-electron chi connectivity index (χ0n) is 8.80. The van der Waals surface area contributed by atoms with Gasteiger partial charge in [-0.3, -0.25) is 0 Å². The van der Waals surface area contributed by atoms with Gasteiger partial charge in [-0.15, -0.1) is 0 Å². The summed E-state index contributed by atoms with van der Waals surface area (Å²) in [5.74, 6) is -0.258. The predicted octanol–water partition coefficient (Wildman–Crippen LogP) is 2.95. The van der Waals surface area contributed by atoms with Gasteiger partial charge in [0, 0.05) is 17.1 Å². The molecule has 0 aliphatic carbocycles. The van der Waals surface area contributed by atoms with E-state index in [1.807, 2.05) is 0 Å². The van der Waals surface area contributed by atoms with Crippen molar-refractivity contribution in [3.05, 3.63) is 27.9 Å². The number of nitrogens with one attached hydrogen (secondary N) is 1. The lowest BCUT2D eigenvalue weighted by Gasteiger charge is -2.03. The molecule has 0 bridgehead atoms. The lowest BCUT2D eigenvalue weighted by Crippen LogP contribution is -1.97. The fourth-order valence-corrected chi connectivity index (χ4v) is 2.27. The average Bonchev–Trinajstić information content (AvgIpc) is 2.51. The number of rotatable bonds is 2. The van der Waals surface area contributed by atoms with Crippen molar-refractivity contribution in [2.24, 2.45) is 0 Å². The standard InChI is InChI=1S/C11H10BrNO3/c1-5-10(11(14)15)6-3-7(12)9(16-2)4-8(6)13-5/h3-4,13H,1-2H3,(H,14,15). The normalized spacial score (nSPS) is 10.7. The van der Waals surface area contributed by atoms with Gasteiger partial charge in [0.2, 0.25) is 0 Å². The second kappa shape index (κ2) is 3.83. The van der Waals surface area contributed by atoms with Gasteiger partial charge in [0.1, 0.15) is 5.75 Å². The molecule has 0 saturated carbocycles. The number of methoxy groups -OCH3 is 1. The summed E-state index contributed by atoms with van der Waals surface area (Å²) in [5, 5.41) is 9.78. The van der Waals surface area contributed by atoms with Crippen molar-refractivity contribution < 1.29 is 14.6 Å². The van der Waals surface area contributed by atoms with Crippen LogP contribution in [0.2, 0.25) is 0 Å². The Morgan fingerprint density at radius 2 is 2.19 bits per heavy atom. The minimum atomic E-state index is -0.930. The number of aryl methyl sites for hydroxylation is 1. The number of benzene rings is 1. The molecule has 4 nitrogen and oxygen atoms in total. The lowest BCUT2D eigenvalue weighted by atomic mass is 10.1. The maximum Gasteiger partial charge on any atom is 0.338 e. The van der Waals surface area contributed by atoms with E-state index >= 15 is 0 Å². The summed E-state index contributed by atoms with van der Waals surface area (Å²) in [6.07, 6.45) is 0. The highest BCUT2D eigenvalue weighted by atomic mass is 79.9. The molecule has 2 aromatic rings. The monoisotopic (exact) mass is 283 g/mol. The zero-order valence-corrected chi connectivity index (χ0v) is 10.4. The summed E-state index contributed by atoms with van der Waals surface area (Å²) >= 11 is 3.34. The van der Waals surface area contributed by atoms with E-state index in [4.69, 9.17) is 9.84 Å². The average molecular weight is 284 g/mol. The molecule has 0 radical (unpaired) electrons. The molecule has 0 atom stereocenters. The Hall–Kier alpha value is -1.49. The molecule has 5 heteroatoms. The number of aromatic amines is 1. The minimum absolute atomic E-state index is 0.304. The van der Waals surface area contributed by atoms with E-state index in [1.54, 1.807) is 26.2 Å². The number of aromatic carboxylic acids is 1. The Bertz CT molecular complexity index is 574. The van der Waals surface area contributed by atoms with E-state index in [0.29, 0.717) is 22.4 Å². The molecule has 1 aromatic carbocycles. The second-order valence-corrected chi connectivity index (χ2v) is 4.32. The zero-order chi connectivity index (χ0) is 11.9. The first-order chi connectivity index (χ1) is 7.54. The van der Waals surface area contributed by atoms with Crippen LogP contribution in [0.3, 0.4) is 0 Å². The Labute approximate surface area is 100 Å². The number of carbonyl (C=O) groups is 1. The molecule has 0 saturated heterocycles. The maximum absolute atomic E-state index is 11.1. The van der Waals surface area contributed by atoms with E-state index in [9.17, 15) is 4.79 Å². The molecule has 0 spiro atoms. The van der Waals surface area contributed by atoms with Gasteiger partial charge in [0.25, 0.3) is 0 Å². The first-order valence-electron chi connectivity index (χ1n) is 4.63. The van der Waals surface area contributed by atoms with Crippen LogP contribution in [-0.2, 0) is 0 Å². The van der Waals surface area contributed by atoms with Crippen molar-refractivity contribution in [3.8, 4) is 5.75 Å². The highest BCUT2D eigenvalue weighted by Crippen LogP contribution is 2.32. The smallest absolute Gasteiger partial charge is 0.338 e. The number of carboxylic acid groups (broad SMARTS) is 1. The van der Waals surface area contributed by atoms with Crippen LogP contribution in [0.1, 0.15) is 16.1 Å². The topological polar surface area (TPSA) is 62.3 Å². The molecule has 0 amide bonds. The summed E-state index contributed by atoms with van der Waals surface area (Å²) in [4.78, 5) is 14.1. The van der Waals surface area contributed by atoms with Crippen LogP contribution in [0.5, 0.6) is 5.75 Å². The van der Waals surface area contributed by atoms with Gasteiger partial charge in [0.15, 0.2) is 0 Å². The number of carboxylic acids is 1. The summed E-state index contributed by atoms with van der Waals surface area (Å²) in [5.41, 5.74) is 1.70. The minimum Gasteiger partial charge on any atom is -0.495 e. The highest BCUT2D eigenvalue weighted by Gasteiger charge is 2.16. The first kappa shape index (κ1) is 11.0. The number of H-pyrrole nitrogens is 1. The van der Waals surface area contributed by atoms with Crippen LogP contribution in [0.25, 0.3) is 10.9 Å². The number of aromatic nitrogens is 1. The SMILES string of the molecule is COc1cc2[nH]c(C)c(C(=O)O)c2cc1Br. The fraction of sp³-hybridized carbons (Fsp3) is 0.182. The van der Waals surface area contributed by atoms with Gasteiger partial charge in [-0.1, -0.05) is 0 Å². The summed E-state index contributed by atoms with van der Waals surface area (Å²) < 4.78 is 5.89. The fourth-order valence-electron chi connectivity index (χ4n) is 1.76. The molecule has 2 N–H and O–H groups in total. The van der Waals surface area contributed by atoms with Crippen molar-refractivity contribution >= 4 is 32.8 Å². The molecular weight excluding hydrogens is 274 g/mol. The quantitative estimate of drug-likeness (QED) is 0.891. The Kier molecular flexibility index (Phi) is 2.63. The van der Waals surface area contributed by atoms with Crippen LogP contribution in [0.15, 0.2) is 16.6 Å². The van der Waals surface area contributed by atoms with E-state index in [1.165, 1.54) is 0 Å². The lowest BCUT2D eigenvalue weighted by molar-refractivity contribution is 0.0698. The third kappa shape index (κ3) is 1.57. The van der Waals surface area contributed by atoms with Gasteiger partial charge in [-0.05, 0) is 28.9 Å². The highest BCUT2D eigenvalue weighted by molar-refractivity contribution is 9.10. The largest absolute Gasteiger partial charge is 0.495 e. The number of hydrogen-bond donors (Lipinski definition) is 2. The van der Waals surface area contributed by atoms with Crippen molar-refractivity contribution in [2.75, 3.05) is 7.11 Å². The third-order valence-corrected chi connectivity index (χ3v) is 3.09. The van der Waals surface area contributed by atoms with Crippen LogP contribution in [0.4, 0.5) is 0 Å². The molecule has 0 unspecified atom stereocenters. The van der Waals surface area contributed by atoms with E-state index in [-0.39, 0.29) is 0 Å². The Balaban J connectivity index is 2.81. The summed E-state index contributed by atoms with van der Waals surface area (Å²) in [6, 6.07) is 3.53. The molecule has 84 valence electrons. The molecule has 16 heavy (non-hydrogen) atoms. The number of ether oxygens (including phenoxy) is 1. The van der Waals surface area contributed by atoms with E-state index in [2.05, 4.69) is 20.9 Å². The molecular formula is C11H10BrNO3. The molecule has 0 aliphatic heterocycles. The van der Waals surface area contributed by atoms with Crippen LogP contribution in [0, 0.1) is 6.92 Å². The van der Waals surface area contributed by atoms with Crippen molar-refractivity contribution in [1.82, 2.24) is 4.98 Å². The van der Waals surface area contributed by atoms with E-state index in [0.717, 1.165) is 9.99 Å². The van der Waals surface area contributed by atoms with Gasteiger partial charge < -0.3 is 14.8 Å². The number of hydrogen-bond acceptors (Lipinski definition) is 2. The second-order valence-electron chi connectivity index (χ2n) is 3.46. The van der Waals surface area contributed by atoms with Gasteiger partial charge in [-0.2, -0.15) is 0 Å². The Morgan fingerprint density at radius 1 is 1.50 bits per heavy atom. The number of halogens is 1. The first-order valence-corrected chi connectivity index (χ1v) is 5.43. The third-order valence-electron chi connectivity index (χ3n) is 2.47. The van der Waals surface area contributed by atoms with Gasteiger partial charge in [0.05, 0.1) is 22.7 Å².